The summed E-state index contributed by atoms with van der Waals surface area (Å²) < 4.78 is 26.4. The average Bonchev–Trinajstić information content (AvgIpc) is 2.47. The van der Waals surface area contributed by atoms with Gasteiger partial charge in [-0.25, -0.2) is 8.42 Å². The molecule has 1 fully saturated rings. The zero-order valence-corrected chi connectivity index (χ0v) is 13.1. The topological polar surface area (TPSA) is 81.1 Å². The van der Waals surface area contributed by atoms with Crippen LogP contribution in [0.5, 0.6) is 0 Å². The number of β-amino-alcohol motifs (C(OH)–C–C–N with tert-alkyl or cyclic N) is 1. The van der Waals surface area contributed by atoms with Gasteiger partial charge in [-0.1, -0.05) is 17.7 Å². The molecule has 0 radical (unpaired) electrons. The number of aliphatic hydroxyl groups excluding tert-OH is 2. The van der Waals surface area contributed by atoms with Crippen LogP contribution in [0.4, 0.5) is 0 Å². The van der Waals surface area contributed by atoms with Crippen molar-refractivity contribution in [2.75, 3.05) is 39.3 Å². The second-order valence-electron chi connectivity index (χ2n) is 5.00. The van der Waals surface area contributed by atoms with E-state index in [1.54, 1.807) is 12.1 Å². The fraction of sp³-hybridized carbons (Fsp3) is 0.538. The quantitative estimate of drug-likeness (QED) is 0.792. The summed E-state index contributed by atoms with van der Waals surface area (Å²) in [6.45, 7) is 1.82. The fourth-order valence-electron chi connectivity index (χ4n) is 2.28. The van der Waals surface area contributed by atoms with Crippen LogP contribution < -0.4 is 0 Å². The van der Waals surface area contributed by atoms with Crippen LogP contribution >= 0.6 is 11.6 Å². The Labute approximate surface area is 129 Å². The molecule has 0 aromatic heterocycles. The van der Waals surface area contributed by atoms with Gasteiger partial charge >= 0.3 is 0 Å². The summed E-state index contributed by atoms with van der Waals surface area (Å²) in [7, 11) is -3.53. The van der Waals surface area contributed by atoms with Crippen LogP contribution in [0.2, 0.25) is 5.02 Å². The van der Waals surface area contributed by atoms with Crippen molar-refractivity contribution in [1.29, 1.82) is 0 Å². The lowest BCUT2D eigenvalue weighted by molar-refractivity contribution is 0.0491. The van der Waals surface area contributed by atoms with Gasteiger partial charge in [0.25, 0.3) is 0 Å². The second-order valence-corrected chi connectivity index (χ2v) is 7.37. The van der Waals surface area contributed by atoms with E-state index in [0.29, 0.717) is 37.7 Å². The van der Waals surface area contributed by atoms with Crippen molar-refractivity contribution in [3.8, 4) is 0 Å². The number of hydrogen-bond donors (Lipinski definition) is 2. The summed E-state index contributed by atoms with van der Waals surface area (Å²) in [4.78, 5) is 2.13. The Morgan fingerprint density at radius 1 is 1.24 bits per heavy atom. The smallest absolute Gasteiger partial charge is 0.243 e. The Bertz CT molecular complexity index is 573. The molecule has 0 amide bonds. The number of aliphatic hydroxyl groups is 2. The van der Waals surface area contributed by atoms with E-state index in [-0.39, 0.29) is 11.5 Å². The Morgan fingerprint density at radius 3 is 2.48 bits per heavy atom. The van der Waals surface area contributed by atoms with Crippen molar-refractivity contribution in [1.82, 2.24) is 9.21 Å². The first-order valence-corrected chi connectivity index (χ1v) is 8.52. The van der Waals surface area contributed by atoms with Crippen LogP contribution in [0.25, 0.3) is 0 Å². The van der Waals surface area contributed by atoms with Crippen molar-refractivity contribution in [2.45, 2.75) is 11.0 Å². The molecule has 8 heteroatoms. The molecule has 1 heterocycles. The normalized spacial score (nSPS) is 19.6. The fourth-order valence-corrected chi connectivity index (χ4v) is 4.01. The molecule has 0 aliphatic carbocycles. The van der Waals surface area contributed by atoms with Gasteiger partial charge in [-0.15, -0.1) is 0 Å². The van der Waals surface area contributed by atoms with E-state index >= 15 is 0 Å². The highest BCUT2D eigenvalue weighted by Gasteiger charge is 2.29. The summed E-state index contributed by atoms with van der Waals surface area (Å²) in [5.41, 5.74) is 0. The molecular formula is C13H19ClN2O4S. The number of sulfonamides is 1. The first-order valence-electron chi connectivity index (χ1n) is 6.70. The Morgan fingerprint density at radius 2 is 1.90 bits per heavy atom. The lowest BCUT2D eigenvalue weighted by Crippen LogP contribution is -2.50. The van der Waals surface area contributed by atoms with Gasteiger partial charge in [0.15, 0.2) is 0 Å². The lowest BCUT2D eigenvalue weighted by atomic mass is 10.3. The maximum atomic E-state index is 12.5. The number of piperazine rings is 1. The molecule has 2 rings (SSSR count). The maximum absolute atomic E-state index is 12.5. The van der Waals surface area contributed by atoms with Gasteiger partial charge < -0.3 is 10.2 Å². The van der Waals surface area contributed by atoms with Gasteiger partial charge in [-0.3, -0.25) is 4.90 Å². The van der Waals surface area contributed by atoms with Gasteiger partial charge in [-0.2, -0.15) is 4.31 Å². The van der Waals surface area contributed by atoms with Crippen molar-refractivity contribution < 1.29 is 18.6 Å². The van der Waals surface area contributed by atoms with E-state index in [1.807, 2.05) is 4.90 Å². The molecule has 0 unspecified atom stereocenters. The number of hydrogen-bond acceptors (Lipinski definition) is 5. The summed E-state index contributed by atoms with van der Waals surface area (Å²) in [5.74, 6) is 0. The highest BCUT2D eigenvalue weighted by molar-refractivity contribution is 7.89. The average molecular weight is 335 g/mol. The first-order chi connectivity index (χ1) is 9.93. The van der Waals surface area contributed by atoms with Crippen LogP contribution in [0.15, 0.2) is 29.2 Å². The molecule has 1 aliphatic rings. The molecule has 0 spiro atoms. The van der Waals surface area contributed by atoms with E-state index in [4.69, 9.17) is 16.7 Å². The van der Waals surface area contributed by atoms with Crippen LogP contribution in [-0.4, -0.2) is 73.3 Å². The maximum Gasteiger partial charge on any atom is 0.243 e. The van der Waals surface area contributed by atoms with E-state index in [2.05, 4.69) is 0 Å². The number of halogens is 1. The highest BCUT2D eigenvalue weighted by atomic mass is 35.5. The van der Waals surface area contributed by atoms with Crippen molar-refractivity contribution >= 4 is 21.6 Å². The second kappa shape index (κ2) is 7.04. The summed E-state index contributed by atoms with van der Waals surface area (Å²) >= 11 is 5.84. The summed E-state index contributed by atoms with van der Waals surface area (Å²) in [6.07, 6.45) is -0.791. The molecular weight excluding hydrogens is 316 g/mol. The van der Waals surface area contributed by atoms with E-state index in [1.165, 1.54) is 16.4 Å². The first kappa shape index (κ1) is 16.7. The zero-order chi connectivity index (χ0) is 15.5. The monoisotopic (exact) mass is 334 g/mol. The standard InChI is InChI=1S/C13H19ClN2O4S/c14-11-2-1-3-13(8-11)21(19,20)16-6-4-15(5-7-16)9-12(18)10-17/h1-3,8,12,17-18H,4-7,9-10H2/t12-/m1/s1. The molecule has 1 aromatic rings. The third kappa shape index (κ3) is 4.15. The number of nitrogens with zero attached hydrogens (tertiary/aromatic N) is 2. The van der Waals surface area contributed by atoms with Gasteiger partial charge in [0.05, 0.1) is 17.6 Å². The number of rotatable bonds is 5. The molecule has 118 valence electrons. The van der Waals surface area contributed by atoms with Crippen LogP contribution in [0.3, 0.4) is 0 Å². The van der Waals surface area contributed by atoms with E-state index < -0.39 is 16.1 Å². The number of benzene rings is 1. The molecule has 1 atom stereocenters. The Hall–Kier alpha value is -0.700. The van der Waals surface area contributed by atoms with E-state index in [9.17, 15) is 13.5 Å². The van der Waals surface area contributed by atoms with Crippen LogP contribution in [-0.2, 0) is 10.0 Å². The van der Waals surface area contributed by atoms with Gasteiger partial charge in [-0.05, 0) is 18.2 Å². The lowest BCUT2D eigenvalue weighted by Gasteiger charge is -2.34. The highest BCUT2D eigenvalue weighted by Crippen LogP contribution is 2.20. The minimum Gasteiger partial charge on any atom is -0.394 e. The van der Waals surface area contributed by atoms with Crippen molar-refractivity contribution in [2.24, 2.45) is 0 Å². The Balaban J connectivity index is 2.01. The molecule has 1 aliphatic heterocycles. The minimum absolute atomic E-state index is 0.193. The molecule has 2 N–H and O–H groups in total. The molecule has 1 saturated heterocycles. The predicted molar refractivity (Wildman–Crippen MR) is 79.7 cm³/mol. The van der Waals surface area contributed by atoms with Crippen LogP contribution in [0.1, 0.15) is 0 Å². The third-order valence-electron chi connectivity index (χ3n) is 3.44. The third-order valence-corrected chi connectivity index (χ3v) is 5.57. The molecule has 0 saturated carbocycles. The van der Waals surface area contributed by atoms with Gasteiger partial charge in [0, 0.05) is 37.7 Å². The van der Waals surface area contributed by atoms with Gasteiger partial charge in [0.2, 0.25) is 10.0 Å². The SMILES string of the molecule is O=S(=O)(c1cccc(Cl)c1)N1CCN(C[C@@H](O)CO)CC1. The molecule has 0 bridgehead atoms. The molecule has 6 nitrogen and oxygen atoms in total. The van der Waals surface area contributed by atoms with Gasteiger partial charge in [0.1, 0.15) is 0 Å². The van der Waals surface area contributed by atoms with Crippen molar-refractivity contribution in [3.63, 3.8) is 0 Å². The molecule has 1 aromatic carbocycles. The summed E-state index contributed by atoms with van der Waals surface area (Å²) in [6, 6.07) is 6.22. The zero-order valence-electron chi connectivity index (χ0n) is 11.5. The van der Waals surface area contributed by atoms with Crippen LogP contribution in [0, 0.1) is 0 Å². The largest absolute Gasteiger partial charge is 0.394 e. The molecule has 21 heavy (non-hydrogen) atoms. The predicted octanol–water partition coefficient (Wildman–Crippen LogP) is -0.000500. The summed E-state index contributed by atoms with van der Waals surface area (Å²) in [5, 5.41) is 18.6. The Kier molecular flexibility index (Phi) is 5.59. The minimum atomic E-state index is -3.53. The van der Waals surface area contributed by atoms with Crippen molar-refractivity contribution in [3.05, 3.63) is 29.3 Å². The van der Waals surface area contributed by atoms with E-state index in [0.717, 1.165) is 0 Å².